The molecular formula is C10H17N5OS. The zero-order valence-corrected chi connectivity index (χ0v) is 10.6. The fourth-order valence-corrected chi connectivity index (χ4v) is 1.25. The number of urea groups is 1. The van der Waals surface area contributed by atoms with E-state index >= 15 is 0 Å². The maximum Gasteiger partial charge on any atom is 0.326 e. The van der Waals surface area contributed by atoms with Crippen molar-refractivity contribution in [2.45, 2.75) is 6.54 Å². The second-order valence-corrected chi connectivity index (χ2v) is 4.07. The van der Waals surface area contributed by atoms with E-state index in [1.165, 1.54) is 4.31 Å². The molecule has 0 fully saturated rings. The van der Waals surface area contributed by atoms with Crippen molar-refractivity contribution in [2.24, 2.45) is 0 Å². The molecule has 0 saturated carbocycles. The van der Waals surface area contributed by atoms with Gasteiger partial charge in [0, 0.05) is 32.9 Å². The lowest BCUT2D eigenvalue weighted by Gasteiger charge is -2.11. The van der Waals surface area contributed by atoms with Gasteiger partial charge in [0.05, 0.1) is 11.4 Å². The van der Waals surface area contributed by atoms with Gasteiger partial charge in [-0.1, -0.05) is 12.8 Å². The molecule has 17 heavy (non-hydrogen) atoms. The summed E-state index contributed by atoms with van der Waals surface area (Å²) >= 11 is 3.86. The molecule has 0 aromatic carbocycles. The van der Waals surface area contributed by atoms with E-state index in [9.17, 15) is 4.79 Å². The van der Waals surface area contributed by atoms with E-state index in [0.717, 1.165) is 5.69 Å². The number of amides is 2. The zero-order valence-electron chi connectivity index (χ0n) is 9.68. The Balaban J connectivity index is 2.17. The Labute approximate surface area is 106 Å². The normalized spacial score (nSPS) is 10.0. The van der Waals surface area contributed by atoms with Crippen LogP contribution in [-0.2, 0) is 6.54 Å². The lowest BCUT2D eigenvalue weighted by Crippen LogP contribution is -2.36. The maximum atomic E-state index is 11.1. The SMILES string of the molecule is CN(S)C(=O)NCCNCc1ncccc1N. The summed E-state index contributed by atoms with van der Waals surface area (Å²) in [6.45, 7) is 1.75. The molecule has 6 nitrogen and oxygen atoms in total. The summed E-state index contributed by atoms with van der Waals surface area (Å²) in [5.74, 6) is 0. The number of hydrogen-bond donors (Lipinski definition) is 4. The fraction of sp³-hybridized carbons (Fsp3) is 0.400. The van der Waals surface area contributed by atoms with Crippen molar-refractivity contribution in [1.82, 2.24) is 19.9 Å². The van der Waals surface area contributed by atoms with Gasteiger partial charge in [0.15, 0.2) is 0 Å². The molecule has 0 saturated heterocycles. The number of thiol groups is 1. The Kier molecular flexibility index (Phi) is 5.58. The lowest BCUT2D eigenvalue weighted by molar-refractivity contribution is 0.231. The predicted molar refractivity (Wildman–Crippen MR) is 70.5 cm³/mol. The molecule has 0 aliphatic rings. The molecule has 1 heterocycles. The van der Waals surface area contributed by atoms with Gasteiger partial charge >= 0.3 is 6.03 Å². The van der Waals surface area contributed by atoms with Crippen molar-refractivity contribution in [2.75, 3.05) is 25.9 Å². The highest BCUT2D eigenvalue weighted by molar-refractivity contribution is 7.78. The minimum absolute atomic E-state index is 0.229. The van der Waals surface area contributed by atoms with E-state index in [4.69, 9.17) is 5.73 Å². The smallest absolute Gasteiger partial charge is 0.326 e. The summed E-state index contributed by atoms with van der Waals surface area (Å²) in [6.07, 6.45) is 1.70. The van der Waals surface area contributed by atoms with Gasteiger partial charge in [0.2, 0.25) is 0 Å². The molecule has 4 N–H and O–H groups in total. The first-order valence-electron chi connectivity index (χ1n) is 5.21. The number of aromatic nitrogens is 1. The van der Waals surface area contributed by atoms with Crippen LogP contribution in [0.2, 0.25) is 0 Å². The van der Waals surface area contributed by atoms with Crippen molar-refractivity contribution in [1.29, 1.82) is 0 Å². The van der Waals surface area contributed by atoms with Gasteiger partial charge in [-0.15, -0.1) is 0 Å². The monoisotopic (exact) mass is 255 g/mol. The molecule has 0 aliphatic carbocycles. The average Bonchev–Trinajstić information content (AvgIpc) is 2.30. The maximum absolute atomic E-state index is 11.1. The summed E-state index contributed by atoms with van der Waals surface area (Å²) in [6, 6.07) is 3.37. The van der Waals surface area contributed by atoms with Gasteiger partial charge in [0.25, 0.3) is 0 Å². The van der Waals surface area contributed by atoms with Crippen LogP contribution in [0.4, 0.5) is 10.5 Å². The summed E-state index contributed by atoms with van der Waals surface area (Å²) in [7, 11) is 1.57. The summed E-state index contributed by atoms with van der Waals surface area (Å²) in [5.41, 5.74) is 7.21. The Bertz CT molecular complexity index is 371. The molecule has 1 aromatic rings. The molecule has 0 radical (unpaired) electrons. The molecule has 1 aromatic heterocycles. The van der Waals surface area contributed by atoms with Crippen LogP contribution < -0.4 is 16.4 Å². The van der Waals surface area contributed by atoms with Crippen LogP contribution in [0.25, 0.3) is 0 Å². The van der Waals surface area contributed by atoms with Gasteiger partial charge in [-0.05, 0) is 12.1 Å². The molecule has 2 amide bonds. The Hall–Kier alpha value is -1.47. The number of carbonyl (C=O) groups excluding carboxylic acids is 1. The molecular weight excluding hydrogens is 238 g/mol. The van der Waals surface area contributed by atoms with Crippen molar-refractivity contribution >= 4 is 24.5 Å². The van der Waals surface area contributed by atoms with E-state index in [1.54, 1.807) is 19.3 Å². The number of nitrogens with zero attached hydrogens (tertiary/aromatic N) is 2. The first-order chi connectivity index (χ1) is 8.11. The van der Waals surface area contributed by atoms with Crippen molar-refractivity contribution in [3.8, 4) is 0 Å². The van der Waals surface area contributed by atoms with E-state index in [1.807, 2.05) is 6.07 Å². The van der Waals surface area contributed by atoms with Crippen LogP contribution in [0, 0.1) is 0 Å². The number of hydrogen-bond acceptors (Lipinski definition) is 5. The molecule has 7 heteroatoms. The van der Waals surface area contributed by atoms with Crippen LogP contribution in [0.15, 0.2) is 18.3 Å². The van der Waals surface area contributed by atoms with Crippen molar-refractivity contribution in [3.63, 3.8) is 0 Å². The second-order valence-electron chi connectivity index (χ2n) is 3.47. The second kappa shape index (κ2) is 6.97. The van der Waals surface area contributed by atoms with Gasteiger partial charge in [0.1, 0.15) is 0 Å². The van der Waals surface area contributed by atoms with Gasteiger partial charge in [-0.2, -0.15) is 0 Å². The number of pyridine rings is 1. The van der Waals surface area contributed by atoms with Crippen molar-refractivity contribution < 1.29 is 4.79 Å². The minimum Gasteiger partial charge on any atom is -0.397 e. The number of carbonyl (C=O) groups is 1. The van der Waals surface area contributed by atoms with Crippen molar-refractivity contribution in [3.05, 3.63) is 24.0 Å². The minimum atomic E-state index is -0.229. The lowest BCUT2D eigenvalue weighted by atomic mass is 10.3. The van der Waals surface area contributed by atoms with Crippen LogP contribution in [0.3, 0.4) is 0 Å². The fourth-order valence-electron chi connectivity index (χ4n) is 1.18. The quantitative estimate of drug-likeness (QED) is 0.449. The van der Waals surface area contributed by atoms with Crippen LogP contribution in [0.5, 0.6) is 0 Å². The summed E-state index contributed by atoms with van der Waals surface area (Å²) in [4.78, 5) is 15.3. The number of rotatable bonds is 5. The molecule has 0 aliphatic heterocycles. The molecule has 0 unspecified atom stereocenters. The summed E-state index contributed by atoms with van der Waals surface area (Å²) in [5, 5.41) is 5.82. The molecule has 0 bridgehead atoms. The van der Waals surface area contributed by atoms with E-state index < -0.39 is 0 Å². The standard InChI is InChI=1S/C10H17N5OS/c1-15(17)10(16)14-6-5-12-7-9-8(11)3-2-4-13-9/h2-4,12,17H,5-7,11H2,1H3,(H,14,16). The average molecular weight is 255 g/mol. The third kappa shape index (κ3) is 4.92. The zero-order chi connectivity index (χ0) is 12.7. The Morgan fingerprint density at radius 1 is 1.59 bits per heavy atom. The molecule has 0 spiro atoms. The highest BCUT2D eigenvalue weighted by Crippen LogP contribution is 2.05. The highest BCUT2D eigenvalue weighted by Gasteiger charge is 2.02. The van der Waals surface area contributed by atoms with Crippen LogP contribution in [0.1, 0.15) is 5.69 Å². The van der Waals surface area contributed by atoms with E-state index in [0.29, 0.717) is 25.3 Å². The van der Waals surface area contributed by atoms with Gasteiger partial charge in [-0.3, -0.25) is 9.29 Å². The highest BCUT2D eigenvalue weighted by atomic mass is 32.1. The van der Waals surface area contributed by atoms with Gasteiger partial charge < -0.3 is 16.4 Å². The number of anilines is 1. The van der Waals surface area contributed by atoms with Crippen LogP contribution in [-0.4, -0.2) is 35.5 Å². The Morgan fingerprint density at radius 2 is 2.35 bits per heavy atom. The number of nitrogens with two attached hydrogens (primary N) is 1. The first kappa shape index (κ1) is 13.6. The third-order valence-corrected chi connectivity index (χ3v) is 2.27. The predicted octanol–water partition coefficient (Wildman–Crippen LogP) is 0.240. The first-order valence-corrected chi connectivity index (χ1v) is 5.61. The molecule has 0 atom stereocenters. The summed E-state index contributed by atoms with van der Waals surface area (Å²) < 4.78 is 1.19. The van der Waals surface area contributed by atoms with Crippen LogP contribution >= 0.6 is 12.8 Å². The van der Waals surface area contributed by atoms with Gasteiger partial charge in [-0.25, -0.2) is 4.79 Å². The Morgan fingerprint density at radius 3 is 3.00 bits per heavy atom. The van der Waals surface area contributed by atoms with E-state index in [-0.39, 0.29) is 6.03 Å². The largest absolute Gasteiger partial charge is 0.397 e. The topological polar surface area (TPSA) is 83.3 Å². The molecule has 94 valence electrons. The van der Waals surface area contributed by atoms with E-state index in [2.05, 4.69) is 28.4 Å². The third-order valence-electron chi connectivity index (χ3n) is 2.09. The number of nitrogen functional groups attached to an aromatic ring is 1. The number of nitrogens with one attached hydrogen (secondary N) is 2. The molecule has 1 rings (SSSR count).